The van der Waals surface area contributed by atoms with Crippen molar-refractivity contribution in [1.29, 1.82) is 0 Å². The zero-order valence-corrected chi connectivity index (χ0v) is 18.7. The number of anilines is 1. The Morgan fingerprint density at radius 2 is 2.00 bits per heavy atom. The molecule has 1 aromatic heterocycles. The van der Waals surface area contributed by atoms with Gasteiger partial charge in [-0.1, -0.05) is 32.0 Å². The zero-order valence-electron chi connectivity index (χ0n) is 18.7. The summed E-state index contributed by atoms with van der Waals surface area (Å²) in [5, 5.41) is 7.05. The number of benzene rings is 1. The monoisotopic (exact) mass is 409 g/mol. The molecule has 3 rings (SSSR count). The Bertz CT molecular complexity index is 813. The number of piperidine rings is 1. The van der Waals surface area contributed by atoms with Crippen LogP contribution in [0.5, 0.6) is 5.75 Å². The number of aromatic nitrogens is 1. The lowest BCUT2D eigenvalue weighted by molar-refractivity contribution is 0.412. The van der Waals surface area contributed by atoms with E-state index in [9.17, 15) is 0 Å². The fourth-order valence-electron chi connectivity index (χ4n) is 3.72. The van der Waals surface area contributed by atoms with Crippen LogP contribution in [0.1, 0.15) is 39.2 Å². The minimum atomic E-state index is -0.0841. The Kier molecular flexibility index (Phi) is 7.55. The summed E-state index contributed by atoms with van der Waals surface area (Å²) >= 11 is 0. The van der Waals surface area contributed by atoms with E-state index in [-0.39, 0.29) is 5.41 Å². The maximum atomic E-state index is 5.39. The minimum absolute atomic E-state index is 0.0841. The normalized spacial score (nSPS) is 15.7. The quantitative estimate of drug-likeness (QED) is 0.541. The van der Waals surface area contributed by atoms with Gasteiger partial charge in [0.05, 0.1) is 13.7 Å². The number of aliphatic imine (C=N–C) groups is 1. The van der Waals surface area contributed by atoms with E-state index in [0.29, 0.717) is 12.6 Å². The average molecular weight is 410 g/mol. The molecule has 2 aromatic rings. The van der Waals surface area contributed by atoms with Gasteiger partial charge in [-0.15, -0.1) is 0 Å². The van der Waals surface area contributed by atoms with Crippen LogP contribution in [-0.4, -0.2) is 50.3 Å². The van der Waals surface area contributed by atoms with E-state index in [1.54, 1.807) is 7.11 Å². The highest BCUT2D eigenvalue weighted by Crippen LogP contribution is 2.26. The molecule has 0 aliphatic carbocycles. The standard InChI is InChI=1S/C24H35N5O/c1-5-25-23(27-18-24(2,3)19-9-8-10-21(17-19)30-4)28-20-12-15-29(16-13-20)22-11-6-7-14-26-22/h6-11,14,17,20H,5,12-13,15-16,18H2,1-4H3,(H2,25,27,28). The van der Waals surface area contributed by atoms with E-state index in [4.69, 9.17) is 9.73 Å². The van der Waals surface area contributed by atoms with Crippen LogP contribution >= 0.6 is 0 Å². The molecule has 0 atom stereocenters. The second-order valence-electron chi connectivity index (χ2n) is 8.40. The van der Waals surface area contributed by atoms with Crippen molar-refractivity contribution >= 4 is 11.8 Å². The first-order valence-electron chi connectivity index (χ1n) is 10.9. The number of ether oxygens (including phenoxy) is 1. The SMILES string of the molecule is CCNC(=NCC(C)(C)c1cccc(OC)c1)NC1CCN(c2ccccn2)CC1. The summed E-state index contributed by atoms with van der Waals surface area (Å²) in [6.07, 6.45) is 4.00. The van der Waals surface area contributed by atoms with E-state index in [2.05, 4.69) is 59.5 Å². The summed E-state index contributed by atoms with van der Waals surface area (Å²) in [5.74, 6) is 2.84. The van der Waals surface area contributed by atoms with E-state index >= 15 is 0 Å². The van der Waals surface area contributed by atoms with Gasteiger partial charge in [0.15, 0.2) is 5.96 Å². The van der Waals surface area contributed by atoms with E-state index in [0.717, 1.165) is 50.0 Å². The third-order valence-electron chi connectivity index (χ3n) is 5.64. The van der Waals surface area contributed by atoms with Crippen LogP contribution in [-0.2, 0) is 5.41 Å². The average Bonchev–Trinajstić information content (AvgIpc) is 2.79. The number of hydrogen-bond donors (Lipinski definition) is 2. The molecule has 30 heavy (non-hydrogen) atoms. The van der Waals surface area contributed by atoms with Crippen molar-refractivity contribution in [2.45, 2.75) is 45.1 Å². The van der Waals surface area contributed by atoms with E-state index in [1.807, 2.05) is 30.5 Å². The Hall–Kier alpha value is -2.76. The largest absolute Gasteiger partial charge is 0.497 e. The second-order valence-corrected chi connectivity index (χ2v) is 8.40. The summed E-state index contributed by atoms with van der Waals surface area (Å²) in [6, 6.07) is 14.8. The Morgan fingerprint density at radius 3 is 2.67 bits per heavy atom. The predicted molar refractivity (Wildman–Crippen MR) is 125 cm³/mol. The molecular formula is C24H35N5O. The van der Waals surface area contributed by atoms with Crippen LogP contribution < -0.4 is 20.3 Å². The number of methoxy groups -OCH3 is 1. The third kappa shape index (κ3) is 5.88. The molecule has 0 bridgehead atoms. The van der Waals surface area contributed by atoms with Gasteiger partial charge in [0.25, 0.3) is 0 Å². The van der Waals surface area contributed by atoms with Crippen molar-refractivity contribution < 1.29 is 4.74 Å². The summed E-state index contributed by atoms with van der Waals surface area (Å²) in [7, 11) is 1.70. The van der Waals surface area contributed by atoms with Gasteiger partial charge < -0.3 is 20.3 Å². The van der Waals surface area contributed by atoms with Gasteiger partial charge >= 0.3 is 0 Å². The van der Waals surface area contributed by atoms with Crippen LogP contribution in [0.3, 0.4) is 0 Å². The van der Waals surface area contributed by atoms with Gasteiger partial charge in [0, 0.05) is 37.3 Å². The van der Waals surface area contributed by atoms with Gasteiger partial charge in [0.2, 0.25) is 0 Å². The predicted octanol–water partition coefficient (Wildman–Crippen LogP) is 3.59. The lowest BCUT2D eigenvalue weighted by Gasteiger charge is -2.34. The van der Waals surface area contributed by atoms with Crippen molar-refractivity contribution in [3.05, 3.63) is 54.2 Å². The highest BCUT2D eigenvalue weighted by atomic mass is 16.5. The summed E-state index contributed by atoms with van der Waals surface area (Å²) in [4.78, 5) is 11.7. The van der Waals surface area contributed by atoms with Crippen LogP contribution in [0.2, 0.25) is 0 Å². The molecule has 0 radical (unpaired) electrons. The Morgan fingerprint density at radius 1 is 1.20 bits per heavy atom. The first-order valence-corrected chi connectivity index (χ1v) is 10.9. The van der Waals surface area contributed by atoms with Gasteiger partial charge in [0.1, 0.15) is 11.6 Å². The summed E-state index contributed by atoms with van der Waals surface area (Å²) in [5.41, 5.74) is 1.14. The van der Waals surface area contributed by atoms with Crippen molar-refractivity contribution in [1.82, 2.24) is 15.6 Å². The number of nitrogens with zero attached hydrogens (tertiary/aromatic N) is 3. The fraction of sp³-hybridized carbons (Fsp3) is 0.500. The molecule has 1 fully saturated rings. The Balaban J connectivity index is 1.59. The molecule has 2 heterocycles. The van der Waals surface area contributed by atoms with Crippen molar-refractivity contribution in [2.75, 3.05) is 38.2 Å². The molecule has 2 N–H and O–H groups in total. The van der Waals surface area contributed by atoms with Gasteiger partial charge in [-0.05, 0) is 49.6 Å². The lowest BCUT2D eigenvalue weighted by atomic mass is 9.84. The van der Waals surface area contributed by atoms with Crippen LogP contribution in [0, 0.1) is 0 Å². The minimum Gasteiger partial charge on any atom is -0.497 e. The highest BCUT2D eigenvalue weighted by Gasteiger charge is 2.23. The van der Waals surface area contributed by atoms with E-state index < -0.39 is 0 Å². The highest BCUT2D eigenvalue weighted by molar-refractivity contribution is 5.80. The third-order valence-corrected chi connectivity index (χ3v) is 5.64. The van der Waals surface area contributed by atoms with Crippen LogP contribution in [0.15, 0.2) is 53.7 Å². The van der Waals surface area contributed by atoms with Crippen molar-refractivity contribution in [3.63, 3.8) is 0 Å². The maximum Gasteiger partial charge on any atom is 0.191 e. The smallest absolute Gasteiger partial charge is 0.191 e. The van der Waals surface area contributed by atoms with E-state index in [1.165, 1.54) is 5.56 Å². The van der Waals surface area contributed by atoms with Crippen molar-refractivity contribution in [3.8, 4) is 5.75 Å². The second kappa shape index (κ2) is 10.3. The lowest BCUT2D eigenvalue weighted by Crippen LogP contribution is -2.49. The number of nitrogens with one attached hydrogen (secondary N) is 2. The molecule has 0 unspecified atom stereocenters. The number of pyridine rings is 1. The van der Waals surface area contributed by atoms with Crippen LogP contribution in [0.25, 0.3) is 0 Å². The number of rotatable bonds is 7. The maximum absolute atomic E-state index is 5.39. The molecular weight excluding hydrogens is 374 g/mol. The fourth-order valence-corrected chi connectivity index (χ4v) is 3.72. The summed E-state index contributed by atoms with van der Waals surface area (Å²) in [6.45, 7) is 10.1. The van der Waals surface area contributed by atoms with Gasteiger partial charge in [-0.25, -0.2) is 4.98 Å². The molecule has 1 aliphatic rings. The topological polar surface area (TPSA) is 61.8 Å². The molecule has 1 aromatic carbocycles. The molecule has 0 amide bonds. The van der Waals surface area contributed by atoms with Crippen LogP contribution in [0.4, 0.5) is 5.82 Å². The van der Waals surface area contributed by atoms with Gasteiger partial charge in [-0.2, -0.15) is 0 Å². The molecule has 1 aliphatic heterocycles. The first kappa shape index (κ1) is 21.9. The van der Waals surface area contributed by atoms with Crippen molar-refractivity contribution in [2.24, 2.45) is 4.99 Å². The van der Waals surface area contributed by atoms with Gasteiger partial charge in [-0.3, -0.25) is 4.99 Å². The molecule has 6 heteroatoms. The molecule has 0 spiro atoms. The molecule has 162 valence electrons. The molecule has 0 saturated carbocycles. The Labute approximate surface area is 180 Å². The molecule has 1 saturated heterocycles. The summed E-state index contributed by atoms with van der Waals surface area (Å²) < 4.78 is 5.39. The molecule has 6 nitrogen and oxygen atoms in total. The number of guanidine groups is 1. The zero-order chi connectivity index (χ0) is 21.4. The first-order chi connectivity index (χ1) is 14.5. The number of hydrogen-bond acceptors (Lipinski definition) is 4.